The van der Waals surface area contributed by atoms with Gasteiger partial charge in [-0.1, -0.05) is 0 Å². The maximum absolute atomic E-state index is 12.5. The highest BCUT2D eigenvalue weighted by Gasteiger charge is 2.13. The summed E-state index contributed by atoms with van der Waals surface area (Å²) in [6.07, 6.45) is 1.47. The lowest BCUT2D eigenvalue weighted by Crippen LogP contribution is -2.17. The molecule has 0 unspecified atom stereocenters. The molecule has 1 amide bonds. The smallest absolute Gasteiger partial charge is 0.344 e. The Morgan fingerprint density at radius 2 is 1.65 bits per heavy atom. The van der Waals surface area contributed by atoms with Gasteiger partial charge in [-0.2, -0.15) is 5.10 Å². The molecule has 0 atom stereocenters. The summed E-state index contributed by atoms with van der Waals surface area (Å²) in [5.41, 5.74) is 6.49. The van der Waals surface area contributed by atoms with Crippen molar-refractivity contribution in [3.05, 3.63) is 98.1 Å². The van der Waals surface area contributed by atoms with E-state index in [9.17, 15) is 9.59 Å². The monoisotopic (exact) mass is 671 g/mol. The number of furan rings is 1. The summed E-state index contributed by atoms with van der Waals surface area (Å²) in [7, 11) is 0. The zero-order valence-corrected chi connectivity index (χ0v) is 25.2. The third-order valence-electron chi connectivity index (χ3n) is 5.67. The van der Waals surface area contributed by atoms with Crippen molar-refractivity contribution in [3.8, 4) is 17.2 Å². The van der Waals surface area contributed by atoms with Crippen LogP contribution in [0.2, 0.25) is 0 Å². The molecule has 0 aliphatic heterocycles. The van der Waals surface area contributed by atoms with Crippen molar-refractivity contribution >= 4 is 50.0 Å². The van der Waals surface area contributed by atoms with Crippen LogP contribution in [0.15, 0.2) is 79.1 Å². The van der Waals surface area contributed by atoms with Gasteiger partial charge in [-0.05, 0) is 119 Å². The van der Waals surface area contributed by atoms with Crippen molar-refractivity contribution in [2.75, 3.05) is 13.2 Å². The van der Waals surface area contributed by atoms with Gasteiger partial charge in [0.25, 0.3) is 0 Å². The second-order valence-corrected chi connectivity index (χ2v) is 10.3. The molecule has 1 N–H and O–H groups in total. The first-order valence-electron chi connectivity index (χ1n) is 12.3. The summed E-state index contributed by atoms with van der Waals surface area (Å²) in [4.78, 5) is 24.0. The van der Waals surface area contributed by atoms with Gasteiger partial charge in [0.2, 0.25) is 0 Å². The van der Waals surface area contributed by atoms with Crippen LogP contribution in [0.1, 0.15) is 40.2 Å². The van der Waals surface area contributed by atoms with Gasteiger partial charge in [0.1, 0.15) is 23.9 Å². The van der Waals surface area contributed by atoms with Gasteiger partial charge in [0.05, 0.1) is 21.8 Å². The van der Waals surface area contributed by atoms with E-state index in [1.165, 1.54) is 6.21 Å². The van der Waals surface area contributed by atoms with Gasteiger partial charge >= 0.3 is 11.9 Å². The minimum Gasteiger partial charge on any atom is -0.486 e. The van der Waals surface area contributed by atoms with Crippen LogP contribution in [-0.2, 0) is 16.1 Å². The molecule has 0 saturated carbocycles. The zero-order valence-electron chi connectivity index (χ0n) is 22.1. The van der Waals surface area contributed by atoms with E-state index in [0.717, 1.165) is 17.1 Å². The van der Waals surface area contributed by atoms with E-state index in [2.05, 4.69) is 72.9 Å². The topological polar surface area (TPSA) is 104 Å². The predicted octanol–water partition coefficient (Wildman–Crippen LogP) is 6.50. The average molecular weight is 673 g/mol. The number of carbonyl (C=O) groups is 2. The lowest BCUT2D eigenvalue weighted by atomic mass is 10.2. The maximum Gasteiger partial charge on any atom is 0.344 e. The highest BCUT2D eigenvalue weighted by Crippen LogP contribution is 2.34. The lowest BCUT2D eigenvalue weighted by Gasteiger charge is -2.10. The second-order valence-electron chi connectivity index (χ2n) is 8.61. The number of aryl methyl sites for hydroxylation is 2. The van der Waals surface area contributed by atoms with E-state index in [1.807, 2.05) is 24.3 Å². The van der Waals surface area contributed by atoms with E-state index in [0.29, 0.717) is 31.8 Å². The number of rotatable bonds is 11. The molecule has 2 aromatic carbocycles. The number of nitrogens with zero attached hydrogens (tertiary/aromatic N) is 2. The van der Waals surface area contributed by atoms with Gasteiger partial charge in [0.15, 0.2) is 12.4 Å². The molecule has 0 bridgehead atoms. The molecule has 0 aliphatic carbocycles. The van der Waals surface area contributed by atoms with Crippen LogP contribution < -0.4 is 14.9 Å². The number of nitrogens with one attached hydrogen (secondary N) is 1. The van der Waals surface area contributed by atoms with Crippen molar-refractivity contribution < 1.29 is 28.2 Å². The largest absolute Gasteiger partial charge is 0.486 e. The minimum atomic E-state index is -0.503. The highest BCUT2D eigenvalue weighted by molar-refractivity contribution is 9.11. The summed E-state index contributed by atoms with van der Waals surface area (Å²) in [5.74, 6) is 0.775. The molecule has 208 valence electrons. The maximum atomic E-state index is 12.5. The number of hydrogen-bond acceptors (Lipinski definition) is 7. The number of amides is 1. The number of benzene rings is 2. The zero-order chi connectivity index (χ0) is 28.6. The fourth-order valence-electron chi connectivity index (χ4n) is 3.85. The van der Waals surface area contributed by atoms with Crippen molar-refractivity contribution in [1.29, 1.82) is 0 Å². The Morgan fingerprint density at radius 3 is 2.30 bits per heavy atom. The molecule has 0 fully saturated rings. The molecule has 2 heterocycles. The molecule has 2 aromatic heterocycles. The van der Waals surface area contributed by atoms with Gasteiger partial charge < -0.3 is 23.2 Å². The molecular weight excluding hydrogens is 646 g/mol. The normalized spacial score (nSPS) is 11.0. The third kappa shape index (κ3) is 7.42. The first kappa shape index (κ1) is 29.2. The molecule has 4 aromatic rings. The summed E-state index contributed by atoms with van der Waals surface area (Å²) in [6.45, 7) is 6.09. The molecular formula is C29H27Br2N3O6. The van der Waals surface area contributed by atoms with E-state index in [1.54, 1.807) is 31.2 Å². The molecule has 0 saturated heterocycles. The third-order valence-corrected chi connectivity index (χ3v) is 6.85. The van der Waals surface area contributed by atoms with Crippen molar-refractivity contribution in [1.82, 2.24) is 9.99 Å². The molecule has 0 spiro atoms. The molecule has 0 aliphatic rings. The van der Waals surface area contributed by atoms with Crippen LogP contribution in [0.3, 0.4) is 0 Å². The van der Waals surface area contributed by atoms with Crippen LogP contribution in [0.5, 0.6) is 11.5 Å². The van der Waals surface area contributed by atoms with Crippen molar-refractivity contribution in [3.63, 3.8) is 0 Å². The second kappa shape index (κ2) is 13.5. The van der Waals surface area contributed by atoms with E-state index in [4.69, 9.17) is 18.6 Å². The first-order valence-corrected chi connectivity index (χ1v) is 13.9. The quantitative estimate of drug-likeness (QED) is 0.111. The molecule has 0 radical (unpaired) electrons. The first-order chi connectivity index (χ1) is 19.2. The van der Waals surface area contributed by atoms with E-state index in [-0.39, 0.29) is 25.6 Å². The Balaban J connectivity index is 1.29. The van der Waals surface area contributed by atoms with Gasteiger partial charge in [-0.3, -0.25) is 4.79 Å². The van der Waals surface area contributed by atoms with Gasteiger partial charge in [0, 0.05) is 17.1 Å². The van der Waals surface area contributed by atoms with Crippen LogP contribution in [0.4, 0.5) is 0 Å². The number of esters is 1. The summed E-state index contributed by atoms with van der Waals surface area (Å²) < 4.78 is 25.2. The predicted molar refractivity (Wildman–Crippen MR) is 157 cm³/mol. The summed E-state index contributed by atoms with van der Waals surface area (Å²) in [5, 5.41) is 4.00. The Bertz CT molecular complexity index is 1480. The number of hydrogen-bond donors (Lipinski definition) is 1. The van der Waals surface area contributed by atoms with Crippen LogP contribution in [0, 0.1) is 13.8 Å². The number of aromatic nitrogens is 1. The molecule has 11 heteroatoms. The highest BCUT2D eigenvalue weighted by atomic mass is 79.9. The molecule has 40 heavy (non-hydrogen) atoms. The lowest BCUT2D eigenvalue weighted by molar-refractivity contribution is -0.145. The Kier molecular flexibility index (Phi) is 9.84. The Labute approximate surface area is 248 Å². The van der Waals surface area contributed by atoms with Crippen LogP contribution in [-0.4, -0.2) is 35.9 Å². The van der Waals surface area contributed by atoms with E-state index < -0.39 is 11.9 Å². The number of ether oxygens (including phenoxy) is 3. The average Bonchev–Trinajstić information content (AvgIpc) is 3.53. The number of carbonyl (C=O) groups excluding carboxylic acids is 2. The van der Waals surface area contributed by atoms with Crippen molar-refractivity contribution in [2.45, 2.75) is 27.4 Å². The summed E-state index contributed by atoms with van der Waals surface area (Å²) in [6, 6.07) is 18.7. The standard InChI is InChI=1S/C29H27Br2N3O6/c1-4-37-27(35)17-39-28-24(30)13-20(14-25(28)31)15-32-33-29(36)26-12-11-23(40-26)16-38-22-9-7-21(8-10-22)34-18(2)5-6-19(34)3/h5-15H,4,16-17H2,1-3H3,(H,33,36)/b32-15+. The van der Waals surface area contributed by atoms with Crippen LogP contribution in [0.25, 0.3) is 5.69 Å². The van der Waals surface area contributed by atoms with E-state index >= 15 is 0 Å². The fraction of sp³-hybridized carbons (Fsp3) is 0.207. The number of halogens is 2. The van der Waals surface area contributed by atoms with Crippen molar-refractivity contribution in [2.24, 2.45) is 5.10 Å². The Morgan fingerprint density at radius 1 is 0.975 bits per heavy atom. The SMILES string of the molecule is CCOC(=O)COc1c(Br)cc(/C=N/NC(=O)c2ccc(COc3ccc(-n4c(C)ccc4C)cc3)o2)cc1Br. The summed E-state index contributed by atoms with van der Waals surface area (Å²) >= 11 is 6.83. The van der Waals surface area contributed by atoms with Gasteiger partial charge in [-0.25, -0.2) is 10.2 Å². The van der Waals surface area contributed by atoms with Crippen LogP contribution >= 0.6 is 31.9 Å². The van der Waals surface area contributed by atoms with Gasteiger partial charge in [-0.15, -0.1) is 0 Å². The molecule has 4 rings (SSSR count). The molecule has 9 nitrogen and oxygen atoms in total. The number of hydrazone groups is 1. The Hall–Kier alpha value is -3.83. The fourth-order valence-corrected chi connectivity index (χ4v) is 5.30. The minimum absolute atomic E-state index is 0.106.